The van der Waals surface area contributed by atoms with Crippen LogP contribution in [0, 0.1) is 11.8 Å². The number of hydrogen-bond donors (Lipinski definition) is 3. The molecule has 0 bridgehead atoms. The van der Waals surface area contributed by atoms with Gasteiger partial charge in [-0.15, -0.1) is 0 Å². The van der Waals surface area contributed by atoms with Crippen molar-refractivity contribution in [3.05, 3.63) is 29.3 Å². The van der Waals surface area contributed by atoms with Gasteiger partial charge in [-0.3, -0.25) is 0 Å². The highest BCUT2D eigenvalue weighted by atomic mass is 16.2. The third kappa shape index (κ3) is 5.02. The van der Waals surface area contributed by atoms with Gasteiger partial charge in [0, 0.05) is 24.2 Å². The topological polar surface area (TPSA) is 61.4 Å². The number of carbonyl (C=O) groups is 1. The van der Waals surface area contributed by atoms with Gasteiger partial charge in [0.25, 0.3) is 0 Å². The van der Waals surface area contributed by atoms with Crippen LogP contribution in [0.15, 0.2) is 18.2 Å². The summed E-state index contributed by atoms with van der Waals surface area (Å²) >= 11 is 0. The van der Waals surface area contributed by atoms with Crippen molar-refractivity contribution in [3.8, 4) is 11.8 Å². The molecule has 1 aromatic carbocycles. The van der Waals surface area contributed by atoms with Crippen LogP contribution in [0.4, 0.5) is 10.5 Å². The molecule has 0 saturated carbocycles. The molecule has 0 aliphatic carbocycles. The molecule has 0 aliphatic rings. The first kappa shape index (κ1) is 15.1. The summed E-state index contributed by atoms with van der Waals surface area (Å²) < 4.78 is 0. The molecule has 4 heteroatoms. The minimum Gasteiger partial charge on any atom is -0.395 e. The van der Waals surface area contributed by atoms with Crippen LogP contribution < -0.4 is 10.6 Å². The second-order valence-electron chi connectivity index (χ2n) is 3.99. The van der Waals surface area contributed by atoms with Gasteiger partial charge in [-0.25, -0.2) is 4.79 Å². The van der Waals surface area contributed by atoms with Gasteiger partial charge in [0.15, 0.2) is 0 Å². The molecule has 3 N–H and O–H groups in total. The van der Waals surface area contributed by atoms with Gasteiger partial charge in [-0.2, -0.15) is 0 Å². The number of carbonyl (C=O) groups excluding carboxylic acids is 1. The van der Waals surface area contributed by atoms with Gasteiger partial charge in [0.05, 0.1) is 6.61 Å². The molecule has 0 aliphatic heterocycles. The van der Waals surface area contributed by atoms with Crippen LogP contribution in [0.3, 0.4) is 0 Å². The van der Waals surface area contributed by atoms with Crippen molar-refractivity contribution >= 4 is 11.7 Å². The van der Waals surface area contributed by atoms with E-state index in [0.29, 0.717) is 13.0 Å². The number of benzene rings is 1. The number of aliphatic hydroxyl groups excluding tert-OH is 1. The van der Waals surface area contributed by atoms with Crippen LogP contribution in [0.1, 0.15) is 31.4 Å². The first-order valence-electron chi connectivity index (χ1n) is 6.48. The van der Waals surface area contributed by atoms with Gasteiger partial charge >= 0.3 is 6.03 Å². The molecule has 4 nitrogen and oxygen atoms in total. The van der Waals surface area contributed by atoms with Crippen molar-refractivity contribution in [1.29, 1.82) is 0 Å². The third-order valence-corrected chi connectivity index (χ3v) is 2.54. The van der Waals surface area contributed by atoms with E-state index in [9.17, 15) is 4.79 Å². The molecule has 102 valence electrons. The third-order valence-electron chi connectivity index (χ3n) is 2.54. The van der Waals surface area contributed by atoms with Crippen molar-refractivity contribution in [2.45, 2.75) is 26.7 Å². The van der Waals surface area contributed by atoms with Crippen LogP contribution in [-0.2, 0) is 6.42 Å². The molecule has 0 radical (unpaired) electrons. The molecule has 0 spiro atoms. The molecule has 0 atom stereocenters. The average molecular weight is 260 g/mol. The smallest absolute Gasteiger partial charge is 0.319 e. The predicted molar refractivity (Wildman–Crippen MR) is 77.1 cm³/mol. The van der Waals surface area contributed by atoms with E-state index in [0.717, 1.165) is 23.2 Å². The second kappa shape index (κ2) is 8.17. The van der Waals surface area contributed by atoms with Crippen LogP contribution in [0.5, 0.6) is 0 Å². The Kier molecular flexibility index (Phi) is 6.48. The Balaban J connectivity index is 2.85. The van der Waals surface area contributed by atoms with Gasteiger partial charge in [0.1, 0.15) is 0 Å². The Morgan fingerprint density at radius 2 is 2.16 bits per heavy atom. The van der Waals surface area contributed by atoms with Crippen LogP contribution in [0.2, 0.25) is 0 Å². The summed E-state index contributed by atoms with van der Waals surface area (Å²) in [6.45, 7) is 4.58. The zero-order valence-electron chi connectivity index (χ0n) is 11.4. The summed E-state index contributed by atoms with van der Waals surface area (Å²) in [7, 11) is 0. The zero-order chi connectivity index (χ0) is 14.1. The number of nitrogens with one attached hydrogen (secondary N) is 2. The summed E-state index contributed by atoms with van der Waals surface area (Å²) in [6, 6.07) is 5.49. The highest BCUT2D eigenvalue weighted by molar-refractivity contribution is 5.90. The van der Waals surface area contributed by atoms with E-state index in [-0.39, 0.29) is 12.6 Å². The highest BCUT2D eigenvalue weighted by Gasteiger charge is 2.05. The molecule has 0 unspecified atom stereocenters. The van der Waals surface area contributed by atoms with Crippen molar-refractivity contribution in [2.75, 3.05) is 18.5 Å². The van der Waals surface area contributed by atoms with E-state index in [1.807, 2.05) is 32.0 Å². The monoisotopic (exact) mass is 260 g/mol. The average Bonchev–Trinajstić information content (AvgIpc) is 2.41. The van der Waals surface area contributed by atoms with E-state index >= 15 is 0 Å². The van der Waals surface area contributed by atoms with Crippen LogP contribution in [-0.4, -0.2) is 24.3 Å². The van der Waals surface area contributed by atoms with Gasteiger partial charge in [0.2, 0.25) is 0 Å². The van der Waals surface area contributed by atoms with Gasteiger partial charge in [-0.1, -0.05) is 18.8 Å². The molecule has 0 aromatic heterocycles. The Hall–Kier alpha value is -1.99. The number of aliphatic hydroxyl groups is 1. The van der Waals surface area contributed by atoms with Crippen LogP contribution >= 0.6 is 0 Å². The second-order valence-corrected chi connectivity index (χ2v) is 3.99. The van der Waals surface area contributed by atoms with Gasteiger partial charge < -0.3 is 15.7 Å². The Bertz CT molecular complexity index is 487. The number of anilines is 1. The SMILES string of the molecule is CCNC(=O)Nc1ccc(C#CCCO)cc1CC. The molecule has 0 heterocycles. The predicted octanol–water partition coefficient (Wildman–Crippen LogP) is 2.12. The minimum absolute atomic E-state index is 0.0739. The van der Waals surface area contributed by atoms with E-state index in [4.69, 9.17) is 5.11 Å². The summed E-state index contributed by atoms with van der Waals surface area (Å²) in [6.07, 6.45) is 1.29. The molecular formula is C15H20N2O2. The number of aryl methyl sites for hydroxylation is 1. The largest absolute Gasteiger partial charge is 0.395 e. The lowest BCUT2D eigenvalue weighted by Crippen LogP contribution is -2.28. The number of hydrogen-bond acceptors (Lipinski definition) is 2. The molecule has 0 fully saturated rings. The van der Waals surface area contributed by atoms with E-state index in [1.54, 1.807) is 0 Å². The van der Waals surface area contributed by atoms with E-state index in [1.165, 1.54) is 0 Å². The molecule has 1 aromatic rings. The van der Waals surface area contributed by atoms with E-state index in [2.05, 4.69) is 22.5 Å². The molecule has 19 heavy (non-hydrogen) atoms. The maximum absolute atomic E-state index is 11.5. The number of urea groups is 1. The van der Waals surface area contributed by atoms with Crippen LogP contribution in [0.25, 0.3) is 0 Å². The highest BCUT2D eigenvalue weighted by Crippen LogP contribution is 2.17. The standard InChI is InChI=1S/C15H20N2O2/c1-3-13-11-12(7-5-6-10-18)8-9-14(13)17-15(19)16-4-2/h8-9,11,18H,3-4,6,10H2,1-2H3,(H2,16,17,19). The first-order valence-corrected chi connectivity index (χ1v) is 6.48. The van der Waals surface area contributed by atoms with E-state index < -0.39 is 0 Å². The quantitative estimate of drug-likeness (QED) is 0.726. The number of amides is 2. The maximum atomic E-state index is 11.5. The van der Waals surface area contributed by atoms with Gasteiger partial charge in [-0.05, 0) is 37.1 Å². The summed E-state index contributed by atoms with van der Waals surface area (Å²) in [5.74, 6) is 5.87. The lowest BCUT2D eigenvalue weighted by atomic mass is 10.1. The summed E-state index contributed by atoms with van der Waals surface area (Å²) in [4.78, 5) is 11.5. The number of rotatable bonds is 4. The molecular weight excluding hydrogens is 240 g/mol. The first-order chi connectivity index (χ1) is 9.21. The molecule has 1 rings (SSSR count). The van der Waals surface area contributed by atoms with Crippen molar-refractivity contribution in [1.82, 2.24) is 5.32 Å². The lowest BCUT2D eigenvalue weighted by molar-refractivity contribution is 0.252. The summed E-state index contributed by atoms with van der Waals surface area (Å²) in [5.41, 5.74) is 2.75. The van der Waals surface area contributed by atoms with Crippen molar-refractivity contribution < 1.29 is 9.90 Å². The fraction of sp³-hybridized carbons (Fsp3) is 0.400. The zero-order valence-corrected chi connectivity index (χ0v) is 11.4. The Morgan fingerprint density at radius 3 is 2.79 bits per heavy atom. The molecule has 2 amide bonds. The lowest BCUT2D eigenvalue weighted by Gasteiger charge is -2.10. The fourth-order valence-corrected chi connectivity index (χ4v) is 1.63. The van der Waals surface area contributed by atoms with Crippen molar-refractivity contribution in [2.24, 2.45) is 0 Å². The Labute approximate surface area is 114 Å². The maximum Gasteiger partial charge on any atom is 0.319 e. The van der Waals surface area contributed by atoms with Crippen molar-refractivity contribution in [3.63, 3.8) is 0 Å². The Morgan fingerprint density at radius 1 is 1.37 bits per heavy atom. The minimum atomic E-state index is -0.198. The fourth-order valence-electron chi connectivity index (χ4n) is 1.63. The summed E-state index contributed by atoms with van der Waals surface area (Å²) in [5, 5.41) is 14.2. The molecule has 0 saturated heterocycles. The normalized spacial score (nSPS) is 9.42.